The first-order chi connectivity index (χ1) is 9.06. The summed E-state index contributed by atoms with van der Waals surface area (Å²) >= 11 is 0. The molecular weight excluding hydrogens is 236 g/mol. The Morgan fingerprint density at radius 1 is 1.16 bits per heavy atom. The van der Waals surface area contributed by atoms with Crippen molar-refractivity contribution in [3.63, 3.8) is 0 Å². The lowest BCUT2D eigenvalue weighted by Gasteiger charge is -2.10. The van der Waals surface area contributed by atoms with E-state index in [2.05, 4.69) is 32.0 Å². The second-order valence-electron chi connectivity index (χ2n) is 4.66. The SMILES string of the molecule is Cc1ccc(C)c(COc2cccc(C(=N)N)c2)c1. The van der Waals surface area contributed by atoms with E-state index in [0.717, 1.165) is 5.75 Å². The van der Waals surface area contributed by atoms with Crippen molar-refractivity contribution in [2.75, 3.05) is 0 Å². The van der Waals surface area contributed by atoms with E-state index in [0.29, 0.717) is 12.2 Å². The van der Waals surface area contributed by atoms with Gasteiger partial charge in [0.2, 0.25) is 0 Å². The molecule has 2 rings (SSSR count). The van der Waals surface area contributed by atoms with Crippen LogP contribution < -0.4 is 10.5 Å². The van der Waals surface area contributed by atoms with E-state index in [4.69, 9.17) is 15.9 Å². The fraction of sp³-hybridized carbons (Fsp3) is 0.188. The third-order valence-electron chi connectivity index (χ3n) is 3.04. The summed E-state index contributed by atoms with van der Waals surface area (Å²) in [5.74, 6) is 0.783. The van der Waals surface area contributed by atoms with Gasteiger partial charge in [-0.3, -0.25) is 5.41 Å². The Hall–Kier alpha value is -2.29. The monoisotopic (exact) mass is 254 g/mol. The van der Waals surface area contributed by atoms with Crippen LogP contribution in [0.25, 0.3) is 0 Å². The molecule has 0 aliphatic heterocycles. The molecule has 0 aliphatic rings. The Labute approximate surface area is 113 Å². The minimum atomic E-state index is 0.0530. The average molecular weight is 254 g/mol. The first-order valence-corrected chi connectivity index (χ1v) is 6.19. The largest absolute Gasteiger partial charge is 0.489 e. The van der Waals surface area contributed by atoms with Crippen LogP contribution in [0.4, 0.5) is 0 Å². The van der Waals surface area contributed by atoms with Gasteiger partial charge < -0.3 is 10.5 Å². The highest BCUT2D eigenvalue weighted by molar-refractivity contribution is 5.95. The molecule has 98 valence electrons. The zero-order chi connectivity index (χ0) is 13.8. The number of benzene rings is 2. The molecular formula is C16H18N2O. The third kappa shape index (κ3) is 3.35. The van der Waals surface area contributed by atoms with Crippen molar-refractivity contribution in [3.8, 4) is 5.75 Å². The first kappa shape index (κ1) is 13.1. The lowest BCUT2D eigenvalue weighted by Crippen LogP contribution is -2.10. The van der Waals surface area contributed by atoms with E-state index in [1.807, 2.05) is 12.1 Å². The summed E-state index contributed by atoms with van der Waals surface area (Å²) in [6.07, 6.45) is 0. The maximum absolute atomic E-state index is 7.41. The van der Waals surface area contributed by atoms with E-state index >= 15 is 0 Å². The van der Waals surface area contributed by atoms with Crippen LogP contribution >= 0.6 is 0 Å². The Balaban J connectivity index is 2.12. The smallest absolute Gasteiger partial charge is 0.122 e. The summed E-state index contributed by atoms with van der Waals surface area (Å²) in [5, 5.41) is 7.41. The minimum Gasteiger partial charge on any atom is -0.489 e. The molecule has 0 spiro atoms. The van der Waals surface area contributed by atoms with E-state index < -0.39 is 0 Å². The molecule has 2 aromatic rings. The highest BCUT2D eigenvalue weighted by Crippen LogP contribution is 2.17. The third-order valence-corrected chi connectivity index (χ3v) is 3.04. The normalized spacial score (nSPS) is 10.2. The molecule has 0 unspecified atom stereocenters. The molecule has 0 amide bonds. The highest BCUT2D eigenvalue weighted by Gasteiger charge is 2.02. The van der Waals surface area contributed by atoms with Gasteiger partial charge in [0.1, 0.15) is 18.2 Å². The zero-order valence-corrected chi connectivity index (χ0v) is 11.2. The van der Waals surface area contributed by atoms with E-state index in [9.17, 15) is 0 Å². The second-order valence-corrected chi connectivity index (χ2v) is 4.66. The van der Waals surface area contributed by atoms with Crippen LogP contribution in [0.1, 0.15) is 22.3 Å². The minimum absolute atomic E-state index is 0.0530. The fourth-order valence-electron chi connectivity index (χ4n) is 1.87. The van der Waals surface area contributed by atoms with Gasteiger partial charge in [0, 0.05) is 5.56 Å². The summed E-state index contributed by atoms with van der Waals surface area (Å²) in [6, 6.07) is 13.6. The van der Waals surface area contributed by atoms with Crippen LogP contribution in [0.15, 0.2) is 42.5 Å². The Kier molecular flexibility index (Phi) is 3.85. The van der Waals surface area contributed by atoms with Crippen molar-refractivity contribution in [3.05, 3.63) is 64.7 Å². The number of nitrogens with two attached hydrogens (primary N) is 1. The van der Waals surface area contributed by atoms with Crippen molar-refractivity contribution < 1.29 is 4.74 Å². The van der Waals surface area contributed by atoms with Crippen molar-refractivity contribution in [2.24, 2.45) is 5.73 Å². The van der Waals surface area contributed by atoms with Gasteiger partial charge in [-0.05, 0) is 37.1 Å². The predicted octanol–water partition coefficient (Wildman–Crippen LogP) is 3.17. The Morgan fingerprint density at radius 2 is 1.95 bits per heavy atom. The molecule has 0 fully saturated rings. The molecule has 0 saturated carbocycles. The lowest BCUT2D eigenvalue weighted by molar-refractivity contribution is 0.305. The molecule has 0 bridgehead atoms. The average Bonchev–Trinajstić information content (AvgIpc) is 2.40. The quantitative estimate of drug-likeness (QED) is 0.650. The first-order valence-electron chi connectivity index (χ1n) is 6.19. The number of hydrogen-bond donors (Lipinski definition) is 2. The number of nitrogen functional groups attached to an aromatic ring is 1. The van der Waals surface area contributed by atoms with Crippen LogP contribution in [0.3, 0.4) is 0 Å². The number of ether oxygens (including phenoxy) is 1. The standard InChI is InChI=1S/C16H18N2O/c1-11-6-7-12(2)14(8-11)10-19-15-5-3-4-13(9-15)16(17)18/h3-9H,10H2,1-2H3,(H3,17,18). The number of rotatable bonds is 4. The maximum atomic E-state index is 7.41. The molecule has 0 heterocycles. The van der Waals surface area contributed by atoms with Crippen LogP contribution in [0.5, 0.6) is 5.75 Å². The number of hydrogen-bond acceptors (Lipinski definition) is 2. The van der Waals surface area contributed by atoms with Crippen molar-refractivity contribution >= 4 is 5.84 Å². The van der Waals surface area contributed by atoms with Crippen LogP contribution in [0, 0.1) is 19.3 Å². The summed E-state index contributed by atoms with van der Waals surface area (Å²) in [5.41, 5.74) is 9.75. The molecule has 19 heavy (non-hydrogen) atoms. The van der Waals surface area contributed by atoms with Gasteiger partial charge >= 0.3 is 0 Å². The summed E-state index contributed by atoms with van der Waals surface area (Å²) < 4.78 is 5.77. The van der Waals surface area contributed by atoms with Crippen LogP contribution in [0.2, 0.25) is 0 Å². The molecule has 0 atom stereocenters. The van der Waals surface area contributed by atoms with Crippen LogP contribution in [-0.4, -0.2) is 5.84 Å². The number of aryl methyl sites for hydroxylation is 2. The van der Waals surface area contributed by atoms with E-state index in [1.165, 1.54) is 16.7 Å². The summed E-state index contributed by atoms with van der Waals surface area (Å²) in [7, 11) is 0. The van der Waals surface area contributed by atoms with Gasteiger partial charge in [-0.15, -0.1) is 0 Å². The summed E-state index contributed by atoms with van der Waals surface area (Å²) in [4.78, 5) is 0. The molecule has 0 radical (unpaired) electrons. The summed E-state index contributed by atoms with van der Waals surface area (Å²) in [6.45, 7) is 4.66. The van der Waals surface area contributed by atoms with Gasteiger partial charge in [-0.1, -0.05) is 35.9 Å². The molecule has 0 aliphatic carbocycles. The fourth-order valence-corrected chi connectivity index (χ4v) is 1.87. The molecule has 0 saturated heterocycles. The second kappa shape index (κ2) is 5.57. The highest BCUT2D eigenvalue weighted by atomic mass is 16.5. The number of amidine groups is 1. The molecule has 0 aromatic heterocycles. The van der Waals surface area contributed by atoms with Gasteiger partial charge in [-0.25, -0.2) is 0 Å². The predicted molar refractivity (Wildman–Crippen MR) is 77.7 cm³/mol. The van der Waals surface area contributed by atoms with Gasteiger partial charge in [0.25, 0.3) is 0 Å². The zero-order valence-electron chi connectivity index (χ0n) is 11.2. The molecule has 2 aromatic carbocycles. The van der Waals surface area contributed by atoms with E-state index in [-0.39, 0.29) is 5.84 Å². The topological polar surface area (TPSA) is 59.1 Å². The Morgan fingerprint density at radius 3 is 2.68 bits per heavy atom. The van der Waals surface area contributed by atoms with Gasteiger partial charge in [0.15, 0.2) is 0 Å². The molecule has 3 nitrogen and oxygen atoms in total. The van der Waals surface area contributed by atoms with Crippen molar-refractivity contribution in [1.82, 2.24) is 0 Å². The van der Waals surface area contributed by atoms with Gasteiger partial charge in [0.05, 0.1) is 0 Å². The van der Waals surface area contributed by atoms with Crippen LogP contribution in [-0.2, 0) is 6.61 Å². The molecule has 3 N–H and O–H groups in total. The molecule has 3 heteroatoms. The van der Waals surface area contributed by atoms with Crippen molar-refractivity contribution in [2.45, 2.75) is 20.5 Å². The maximum Gasteiger partial charge on any atom is 0.122 e. The number of nitrogens with one attached hydrogen (secondary N) is 1. The van der Waals surface area contributed by atoms with Crippen molar-refractivity contribution in [1.29, 1.82) is 5.41 Å². The Bertz CT molecular complexity index is 605. The lowest BCUT2D eigenvalue weighted by atomic mass is 10.1. The van der Waals surface area contributed by atoms with Gasteiger partial charge in [-0.2, -0.15) is 0 Å². The van der Waals surface area contributed by atoms with E-state index in [1.54, 1.807) is 12.1 Å².